The first-order chi connectivity index (χ1) is 13.6. The average molecular weight is 384 g/mol. The minimum atomic E-state index is -0.877. The Morgan fingerprint density at radius 3 is 2.54 bits per heavy atom. The first kappa shape index (κ1) is 18.0. The molecule has 2 aliphatic heterocycles. The largest absolute Gasteiger partial charge is 0.454 e. The summed E-state index contributed by atoms with van der Waals surface area (Å²) in [7, 11) is 0. The molecule has 1 saturated heterocycles. The van der Waals surface area contributed by atoms with Gasteiger partial charge in [0.05, 0.1) is 5.56 Å². The molecule has 3 heterocycles. The second kappa shape index (κ2) is 7.71. The maximum Gasteiger partial charge on any atom is 0.339 e. The molecule has 1 unspecified atom stereocenters. The van der Waals surface area contributed by atoms with Crippen molar-refractivity contribution in [3.8, 4) is 11.5 Å². The van der Waals surface area contributed by atoms with Crippen molar-refractivity contribution in [3.05, 3.63) is 42.2 Å². The van der Waals surface area contributed by atoms with E-state index in [1.807, 2.05) is 4.90 Å². The molecule has 0 aliphatic carbocycles. The van der Waals surface area contributed by atoms with Gasteiger partial charge in [0.25, 0.3) is 5.91 Å². The van der Waals surface area contributed by atoms with Gasteiger partial charge in [-0.05, 0) is 31.2 Å². The number of nitrogens with zero attached hydrogens (tertiary/aromatic N) is 4. The van der Waals surface area contributed by atoms with Gasteiger partial charge in [0.15, 0.2) is 17.6 Å². The van der Waals surface area contributed by atoms with Crippen LogP contribution in [0.25, 0.3) is 0 Å². The number of hydrogen-bond donors (Lipinski definition) is 0. The molecule has 2 aromatic rings. The van der Waals surface area contributed by atoms with Gasteiger partial charge in [-0.15, -0.1) is 0 Å². The van der Waals surface area contributed by atoms with Crippen LogP contribution in [0.4, 0.5) is 5.95 Å². The summed E-state index contributed by atoms with van der Waals surface area (Å²) in [5, 5.41) is 0. The number of esters is 1. The minimum Gasteiger partial charge on any atom is -0.454 e. The number of benzene rings is 1. The van der Waals surface area contributed by atoms with Crippen molar-refractivity contribution in [1.82, 2.24) is 14.9 Å². The van der Waals surface area contributed by atoms with Crippen LogP contribution in [-0.2, 0) is 9.53 Å². The van der Waals surface area contributed by atoms with Gasteiger partial charge in [-0.3, -0.25) is 4.79 Å². The number of piperazine rings is 1. The van der Waals surface area contributed by atoms with Crippen molar-refractivity contribution < 1.29 is 23.8 Å². The van der Waals surface area contributed by atoms with Gasteiger partial charge in [-0.1, -0.05) is 0 Å². The minimum absolute atomic E-state index is 0.128. The summed E-state index contributed by atoms with van der Waals surface area (Å²) < 4.78 is 15.8. The molecule has 0 radical (unpaired) electrons. The van der Waals surface area contributed by atoms with Crippen LogP contribution in [-0.4, -0.2) is 65.8 Å². The third-order valence-electron chi connectivity index (χ3n) is 4.67. The van der Waals surface area contributed by atoms with Crippen LogP contribution >= 0.6 is 0 Å². The van der Waals surface area contributed by atoms with Gasteiger partial charge < -0.3 is 24.0 Å². The molecule has 9 heteroatoms. The Hall–Kier alpha value is -3.36. The van der Waals surface area contributed by atoms with Crippen molar-refractivity contribution in [2.45, 2.75) is 13.0 Å². The number of amides is 1. The molecule has 4 rings (SSSR count). The number of ether oxygens (including phenoxy) is 3. The molecule has 0 spiro atoms. The summed E-state index contributed by atoms with van der Waals surface area (Å²) in [6.07, 6.45) is 2.51. The summed E-state index contributed by atoms with van der Waals surface area (Å²) in [6.45, 7) is 3.99. The highest BCUT2D eigenvalue weighted by molar-refractivity contribution is 5.93. The Morgan fingerprint density at radius 2 is 1.79 bits per heavy atom. The van der Waals surface area contributed by atoms with Crippen LogP contribution in [0.2, 0.25) is 0 Å². The van der Waals surface area contributed by atoms with Crippen molar-refractivity contribution in [1.29, 1.82) is 0 Å². The Labute approximate surface area is 161 Å². The molecule has 1 aromatic carbocycles. The van der Waals surface area contributed by atoms with E-state index in [0.29, 0.717) is 49.2 Å². The first-order valence-corrected chi connectivity index (χ1v) is 9.03. The maximum atomic E-state index is 12.6. The van der Waals surface area contributed by atoms with E-state index >= 15 is 0 Å². The van der Waals surface area contributed by atoms with E-state index < -0.39 is 12.1 Å². The fraction of sp³-hybridized carbons (Fsp3) is 0.368. The van der Waals surface area contributed by atoms with Crippen LogP contribution in [0.5, 0.6) is 11.5 Å². The second-order valence-corrected chi connectivity index (χ2v) is 6.48. The summed E-state index contributed by atoms with van der Waals surface area (Å²) >= 11 is 0. The highest BCUT2D eigenvalue weighted by Gasteiger charge is 2.28. The lowest BCUT2D eigenvalue weighted by Gasteiger charge is -2.35. The lowest BCUT2D eigenvalue weighted by atomic mass is 10.2. The molecule has 28 heavy (non-hydrogen) atoms. The lowest BCUT2D eigenvalue weighted by molar-refractivity contribution is -0.140. The zero-order valence-electron chi connectivity index (χ0n) is 15.4. The molecular formula is C19H20N4O5. The Morgan fingerprint density at radius 1 is 1.07 bits per heavy atom. The molecule has 9 nitrogen and oxygen atoms in total. The van der Waals surface area contributed by atoms with E-state index in [1.165, 1.54) is 0 Å². The topological polar surface area (TPSA) is 94.1 Å². The number of fused-ring (bicyclic) bond motifs is 1. The summed E-state index contributed by atoms with van der Waals surface area (Å²) in [5.74, 6) is 0.934. The molecule has 0 N–H and O–H groups in total. The highest BCUT2D eigenvalue weighted by atomic mass is 16.7. The third kappa shape index (κ3) is 3.68. The molecule has 1 aromatic heterocycles. The normalized spacial score (nSPS) is 16.6. The summed E-state index contributed by atoms with van der Waals surface area (Å²) in [4.78, 5) is 37.2. The fourth-order valence-corrected chi connectivity index (χ4v) is 3.14. The molecular weight excluding hydrogens is 364 g/mol. The van der Waals surface area contributed by atoms with Gasteiger partial charge in [0.1, 0.15) is 0 Å². The number of carbonyl (C=O) groups excluding carboxylic acids is 2. The zero-order valence-corrected chi connectivity index (χ0v) is 15.4. The molecule has 1 amide bonds. The smallest absolute Gasteiger partial charge is 0.339 e. The van der Waals surface area contributed by atoms with Crippen LogP contribution in [0.15, 0.2) is 36.7 Å². The summed E-state index contributed by atoms with van der Waals surface area (Å²) in [5.41, 5.74) is 0.315. The van der Waals surface area contributed by atoms with Crippen molar-refractivity contribution in [2.24, 2.45) is 0 Å². The van der Waals surface area contributed by atoms with Gasteiger partial charge in [0, 0.05) is 38.6 Å². The molecule has 0 saturated carbocycles. The standard InChI is InChI=1S/C19H20N4O5/c1-13(28-18(25)14-3-4-15-16(11-14)27-12-26-15)17(24)22-7-9-23(10-8-22)19-20-5-2-6-21-19/h2-6,11,13H,7-10,12H2,1H3. The van der Waals surface area contributed by atoms with Crippen molar-refractivity contribution in [3.63, 3.8) is 0 Å². The van der Waals surface area contributed by atoms with E-state index in [2.05, 4.69) is 9.97 Å². The first-order valence-electron chi connectivity index (χ1n) is 9.03. The maximum absolute atomic E-state index is 12.6. The number of anilines is 1. The zero-order chi connectivity index (χ0) is 19.5. The van der Waals surface area contributed by atoms with E-state index in [-0.39, 0.29) is 12.7 Å². The monoisotopic (exact) mass is 384 g/mol. The van der Waals surface area contributed by atoms with E-state index in [4.69, 9.17) is 14.2 Å². The Kier molecular flexibility index (Phi) is 4.96. The number of carbonyl (C=O) groups is 2. The number of aromatic nitrogens is 2. The van der Waals surface area contributed by atoms with Crippen molar-refractivity contribution in [2.75, 3.05) is 37.9 Å². The quantitative estimate of drug-likeness (QED) is 0.724. The highest BCUT2D eigenvalue weighted by Crippen LogP contribution is 2.32. The molecule has 146 valence electrons. The summed E-state index contributed by atoms with van der Waals surface area (Å²) in [6, 6.07) is 6.56. The average Bonchev–Trinajstić information content (AvgIpc) is 3.22. The predicted molar refractivity (Wildman–Crippen MR) is 98.3 cm³/mol. The number of rotatable bonds is 4. The van der Waals surface area contributed by atoms with E-state index in [1.54, 1.807) is 48.5 Å². The molecule has 1 fully saturated rings. The molecule has 1 atom stereocenters. The van der Waals surface area contributed by atoms with Crippen LogP contribution in [0.1, 0.15) is 17.3 Å². The second-order valence-electron chi connectivity index (χ2n) is 6.48. The third-order valence-corrected chi connectivity index (χ3v) is 4.67. The van der Waals surface area contributed by atoms with Gasteiger partial charge in [0.2, 0.25) is 12.7 Å². The SMILES string of the molecule is CC(OC(=O)c1ccc2c(c1)OCO2)C(=O)N1CCN(c2ncccn2)CC1. The Bertz CT molecular complexity index is 868. The van der Waals surface area contributed by atoms with E-state index in [9.17, 15) is 9.59 Å². The predicted octanol–water partition coefficient (Wildman–Crippen LogP) is 1.10. The Balaban J connectivity index is 1.32. The van der Waals surface area contributed by atoms with Gasteiger partial charge in [-0.25, -0.2) is 14.8 Å². The van der Waals surface area contributed by atoms with E-state index in [0.717, 1.165) is 0 Å². The van der Waals surface area contributed by atoms with Crippen LogP contribution in [0, 0.1) is 0 Å². The number of hydrogen-bond acceptors (Lipinski definition) is 8. The molecule has 0 bridgehead atoms. The molecule has 2 aliphatic rings. The van der Waals surface area contributed by atoms with Crippen LogP contribution in [0.3, 0.4) is 0 Å². The lowest BCUT2D eigenvalue weighted by Crippen LogP contribution is -2.52. The van der Waals surface area contributed by atoms with Crippen molar-refractivity contribution >= 4 is 17.8 Å². The van der Waals surface area contributed by atoms with Gasteiger partial charge in [-0.2, -0.15) is 0 Å². The van der Waals surface area contributed by atoms with Crippen LogP contribution < -0.4 is 14.4 Å². The van der Waals surface area contributed by atoms with Gasteiger partial charge >= 0.3 is 5.97 Å². The fourth-order valence-electron chi connectivity index (χ4n) is 3.14.